The highest BCUT2D eigenvalue weighted by atomic mass is 15.3. The normalized spacial score (nSPS) is 13.2. The van der Waals surface area contributed by atoms with Gasteiger partial charge in [-0.2, -0.15) is 5.10 Å². The van der Waals surface area contributed by atoms with Gasteiger partial charge in [-0.1, -0.05) is 32.0 Å². The topological polar surface area (TPSA) is 29.9 Å². The molecule has 1 heterocycles. The molecule has 16 heavy (non-hydrogen) atoms. The highest BCUT2D eigenvalue weighted by molar-refractivity contribution is 5.82. The van der Waals surface area contributed by atoms with Crippen LogP contribution in [0.2, 0.25) is 0 Å². The maximum absolute atomic E-state index is 4.63. The van der Waals surface area contributed by atoms with E-state index in [1.165, 1.54) is 16.6 Å². The van der Waals surface area contributed by atoms with E-state index in [1.807, 2.05) is 11.7 Å². The molecule has 0 radical (unpaired) electrons. The first-order valence-corrected chi connectivity index (χ1v) is 5.93. The van der Waals surface area contributed by atoms with Crippen LogP contribution in [0, 0.1) is 0 Å². The highest BCUT2D eigenvalue weighted by Gasteiger charge is 2.15. The SMILES string of the molecule is CCNC(CC)c1nn(C)c2ccccc12. The zero-order chi connectivity index (χ0) is 11.5. The molecule has 0 amide bonds. The lowest BCUT2D eigenvalue weighted by molar-refractivity contribution is 0.520. The summed E-state index contributed by atoms with van der Waals surface area (Å²) in [6.07, 6.45) is 1.06. The number of aromatic nitrogens is 2. The third kappa shape index (κ3) is 1.83. The summed E-state index contributed by atoms with van der Waals surface area (Å²) in [6, 6.07) is 8.76. The van der Waals surface area contributed by atoms with E-state index in [-0.39, 0.29) is 0 Å². The van der Waals surface area contributed by atoms with Gasteiger partial charge in [0.15, 0.2) is 0 Å². The first-order chi connectivity index (χ1) is 7.77. The lowest BCUT2D eigenvalue weighted by Crippen LogP contribution is -2.20. The second-order valence-electron chi connectivity index (χ2n) is 4.04. The molecule has 0 aliphatic carbocycles. The van der Waals surface area contributed by atoms with E-state index in [2.05, 4.69) is 48.5 Å². The third-order valence-corrected chi connectivity index (χ3v) is 2.98. The Balaban J connectivity index is 2.51. The van der Waals surface area contributed by atoms with Gasteiger partial charge in [-0.05, 0) is 19.0 Å². The van der Waals surface area contributed by atoms with Crippen LogP contribution < -0.4 is 5.32 Å². The highest BCUT2D eigenvalue weighted by Crippen LogP contribution is 2.24. The third-order valence-electron chi connectivity index (χ3n) is 2.98. The van der Waals surface area contributed by atoms with Crippen LogP contribution in [0.4, 0.5) is 0 Å². The number of rotatable bonds is 4. The molecule has 0 saturated carbocycles. The van der Waals surface area contributed by atoms with Crippen LogP contribution in [0.1, 0.15) is 32.0 Å². The molecule has 86 valence electrons. The van der Waals surface area contributed by atoms with Crippen LogP contribution in [-0.4, -0.2) is 16.3 Å². The lowest BCUT2D eigenvalue weighted by Gasteiger charge is -2.13. The fraction of sp³-hybridized carbons (Fsp3) is 0.462. The molecular weight excluding hydrogens is 198 g/mol. The molecule has 0 bridgehead atoms. The maximum Gasteiger partial charge on any atom is 0.0872 e. The molecule has 1 aromatic carbocycles. The van der Waals surface area contributed by atoms with Crippen molar-refractivity contribution in [3.05, 3.63) is 30.0 Å². The van der Waals surface area contributed by atoms with Gasteiger partial charge in [-0.25, -0.2) is 0 Å². The van der Waals surface area contributed by atoms with Gasteiger partial charge in [0.05, 0.1) is 17.3 Å². The number of nitrogens with one attached hydrogen (secondary N) is 1. The Hall–Kier alpha value is -1.35. The number of fused-ring (bicyclic) bond motifs is 1. The molecule has 0 saturated heterocycles. The predicted octanol–water partition coefficient (Wildman–Crippen LogP) is 2.63. The predicted molar refractivity (Wildman–Crippen MR) is 67.4 cm³/mol. The minimum absolute atomic E-state index is 0.357. The fourth-order valence-electron chi connectivity index (χ4n) is 2.18. The molecule has 1 atom stereocenters. The number of nitrogens with zero attached hydrogens (tertiary/aromatic N) is 2. The van der Waals surface area contributed by atoms with E-state index in [1.54, 1.807) is 0 Å². The summed E-state index contributed by atoms with van der Waals surface area (Å²) in [5.41, 5.74) is 2.37. The van der Waals surface area contributed by atoms with E-state index >= 15 is 0 Å². The van der Waals surface area contributed by atoms with Crippen LogP contribution in [0.25, 0.3) is 10.9 Å². The molecule has 1 unspecified atom stereocenters. The molecular formula is C13H19N3. The molecule has 0 fully saturated rings. The summed E-state index contributed by atoms with van der Waals surface area (Å²) < 4.78 is 1.96. The monoisotopic (exact) mass is 217 g/mol. The summed E-state index contributed by atoms with van der Waals surface area (Å²) in [5, 5.41) is 9.37. The van der Waals surface area contributed by atoms with E-state index in [9.17, 15) is 0 Å². The lowest BCUT2D eigenvalue weighted by atomic mass is 10.1. The molecule has 0 aliphatic rings. The van der Waals surface area contributed by atoms with E-state index in [0.717, 1.165) is 13.0 Å². The Labute approximate surface area is 96.5 Å². The standard InChI is InChI=1S/C13H19N3/c1-4-11(14-5-2)13-10-8-6-7-9-12(10)16(3)15-13/h6-9,11,14H,4-5H2,1-3H3. The van der Waals surface area contributed by atoms with Crippen molar-refractivity contribution < 1.29 is 0 Å². The van der Waals surface area contributed by atoms with Crippen molar-refractivity contribution in [2.45, 2.75) is 26.3 Å². The van der Waals surface area contributed by atoms with Crippen molar-refractivity contribution in [1.82, 2.24) is 15.1 Å². The van der Waals surface area contributed by atoms with E-state index in [0.29, 0.717) is 6.04 Å². The zero-order valence-corrected chi connectivity index (χ0v) is 10.2. The molecule has 1 aromatic heterocycles. The second-order valence-corrected chi connectivity index (χ2v) is 4.04. The van der Waals surface area contributed by atoms with Gasteiger partial charge in [0.1, 0.15) is 0 Å². The average Bonchev–Trinajstić information content (AvgIpc) is 2.65. The van der Waals surface area contributed by atoms with Crippen molar-refractivity contribution in [2.75, 3.05) is 6.54 Å². The number of para-hydroxylation sites is 1. The van der Waals surface area contributed by atoms with E-state index in [4.69, 9.17) is 0 Å². The summed E-state index contributed by atoms with van der Waals surface area (Å²) in [6.45, 7) is 5.30. The molecule has 3 heteroatoms. The number of benzene rings is 1. The van der Waals surface area contributed by atoms with Gasteiger partial charge in [-0.3, -0.25) is 4.68 Å². The van der Waals surface area contributed by atoms with Crippen LogP contribution >= 0.6 is 0 Å². The summed E-state index contributed by atoms with van der Waals surface area (Å²) in [5.74, 6) is 0. The first kappa shape index (κ1) is 11.1. The molecule has 2 rings (SSSR count). The van der Waals surface area contributed by atoms with Crippen molar-refractivity contribution in [3.63, 3.8) is 0 Å². The van der Waals surface area contributed by atoms with Crippen LogP contribution in [0.5, 0.6) is 0 Å². The Morgan fingerprint density at radius 1 is 1.31 bits per heavy atom. The minimum atomic E-state index is 0.357. The molecule has 3 nitrogen and oxygen atoms in total. The van der Waals surface area contributed by atoms with Crippen molar-refractivity contribution in [3.8, 4) is 0 Å². The first-order valence-electron chi connectivity index (χ1n) is 5.93. The Kier molecular flexibility index (Phi) is 3.25. The number of aryl methyl sites for hydroxylation is 1. The Morgan fingerprint density at radius 3 is 2.75 bits per heavy atom. The van der Waals surface area contributed by atoms with Gasteiger partial charge in [0.25, 0.3) is 0 Å². The molecule has 0 aliphatic heterocycles. The van der Waals surface area contributed by atoms with Crippen LogP contribution in [0.15, 0.2) is 24.3 Å². The zero-order valence-electron chi connectivity index (χ0n) is 10.2. The average molecular weight is 217 g/mol. The summed E-state index contributed by atoms with van der Waals surface area (Å²) >= 11 is 0. The Bertz CT molecular complexity index is 473. The van der Waals surface area contributed by atoms with Gasteiger partial charge in [0, 0.05) is 12.4 Å². The summed E-state index contributed by atoms with van der Waals surface area (Å²) in [4.78, 5) is 0. The van der Waals surface area contributed by atoms with Crippen LogP contribution in [0.3, 0.4) is 0 Å². The summed E-state index contributed by atoms with van der Waals surface area (Å²) in [7, 11) is 2.00. The largest absolute Gasteiger partial charge is 0.309 e. The second kappa shape index (κ2) is 4.66. The molecule has 1 N–H and O–H groups in total. The van der Waals surface area contributed by atoms with Crippen molar-refractivity contribution in [1.29, 1.82) is 0 Å². The van der Waals surface area contributed by atoms with E-state index < -0.39 is 0 Å². The Morgan fingerprint density at radius 2 is 2.06 bits per heavy atom. The smallest absolute Gasteiger partial charge is 0.0872 e. The van der Waals surface area contributed by atoms with Gasteiger partial charge < -0.3 is 5.32 Å². The number of hydrogen-bond donors (Lipinski definition) is 1. The maximum atomic E-state index is 4.63. The van der Waals surface area contributed by atoms with Gasteiger partial charge >= 0.3 is 0 Å². The molecule has 2 aromatic rings. The quantitative estimate of drug-likeness (QED) is 0.853. The molecule has 0 spiro atoms. The van der Waals surface area contributed by atoms with Crippen molar-refractivity contribution >= 4 is 10.9 Å². The fourth-order valence-corrected chi connectivity index (χ4v) is 2.18. The van der Waals surface area contributed by atoms with Crippen molar-refractivity contribution in [2.24, 2.45) is 7.05 Å². The number of hydrogen-bond acceptors (Lipinski definition) is 2. The van der Waals surface area contributed by atoms with Crippen LogP contribution in [-0.2, 0) is 7.05 Å². The minimum Gasteiger partial charge on any atom is -0.309 e. The van der Waals surface area contributed by atoms with Gasteiger partial charge in [-0.15, -0.1) is 0 Å². The van der Waals surface area contributed by atoms with Gasteiger partial charge in [0.2, 0.25) is 0 Å².